The third-order valence-electron chi connectivity index (χ3n) is 3.14. The Bertz CT molecular complexity index is 470. The molecule has 0 saturated heterocycles. The maximum atomic E-state index is 3.59. The molecule has 2 aromatic rings. The number of fused-ring (bicyclic) bond motifs is 1. The van der Waals surface area contributed by atoms with E-state index in [1.165, 1.54) is 22.9 Å². The molecule has 0 amide bonds. The van der Waals surface area contributed by atoms with Gasteiger partial charge in [0.25, 0.3) is 0 Å². The zero-order valence-corrected chi connectivity index (χ0v) is 11.0. The molecule has 1 aromatic heterocycles. The minimum absolute atomic E-state index is 0.573. The van der Waals surface area contributed by atoms with Crippen LogP contribution in [-0.2, 0) is 6.54 Å². The van der Waals surface area contributed by atoms with Crippen LogP contribution in [0.3, 0.4) is 0 Å². The fourth-order valence-electron chi connectivity index (χ4n) is 2.35. The molecule has 17 heavy (non-hydrogen) atoms. The molecule has 1 atom stereocenters. The predicted molar refractivity (Wildman–Crippen MR) is 74.1 cm³/mol. The first-order valence-electron chi connectivity index (χ1n) is 6.45. The maximum absolute atomic E-state index is 3.59. The summed E-state index contributed by atoms with van der Waals surface area (Å²) in [7, 11) is 0. The lowest BCUT2D eigenvalue weighted by Gasteiger charge is -2.15. The van der Waals surface area contributed by atoms with Crippen LogP contribution < -0.4 is 5.32 Å². The SMILES string of the molecule is CC(C)CC(C)NCc1c[nH]c2ccccc12. The number of H-pyrrole nitrogens is 1. The lowest BCUT2D eigenvalue weighted by molar-refractivity contribution is 0.442. The van der Waals surface area contributed by atoms with Crippen molar-refractivity contribution >= 4 is 10.9 Å². The van der Waals surface area contributed by atoms with Gasteiger partial charge in [-0.05, 0) is 30.9 Å². The summed E-state index contributed by atoms with van der Waals surface area (Å²) < 4.78 is 0. The number of hydrogen-bond acceptors (Lipinski definition) is 1. The Hall–Kier alpha value is -1.28. The predicted octanol–water partition coefficient (Wildman–Crippen LogP) is 3.69. The van der Waals surface area contributed by atoms with Gasteiger partial charge in [-0.25, -0.2) is 0 Å². The molecule has 0 saturated carbocycles. The topological polar surface area (TPSA) is 27.8 Å². The van der Waals surface area contributed by atoms with Crippen molar-refractivity contribution in [1.29, 1.82) is 0 Å². The number of rotatable bonds is 5. The van der Waals surface area contributed by atoms with Crippen LogP contribution >= 0.6 is 0 Å². The average molecular weight is 230 g/mol. The third-order valence-corrected chi connectivity index (χ3v) is 3.14. The van der Waals surface area contributed by atoms with Gasteiger partial charge < -0.3 is 10.3 Å². The van der Waals surface area contributed by atoms with Crippen LogP contribution in [0, 0.1) is 5.92 Å². The van der Waals surface area contributed by atoms with Crippen molar-refractivity contribution < 1.29 is 0 Å². The first-order valence-corrected chi connectivity index (χ1v) is 6.45. The summed E-state index contributed by atoms with van der Waals surface area (Å²) in [6, 6.07) is 9.03. The van der Waals surface area contributed by atoms with Crippen LogP contribution in [0.4, 0.5) is 0 Å². The fourth-order valence-corrected chi connectivity index (χ4v) is 2.35. The average Bonchev–Trinajstić information content (AvgIpc) is 2.69. The molecule has 2 rings (SSSR count). The number of hydrogen-bond donors (Lipinski definition) is 2. The zero-order valence-electron chi connectivity index (χ0n) is 11.0. The van der Waals surface area contributed by atoms with Gasteiger partial charge in [0.1, 0.15) is 0 Å². The van der Waals surface area contributed by atoms with E-state index in [1.807, 2.05) is 0 Å². The standard InChI is InChI=1S/C15H22N2/c1-11(2)8-12(3)16-9-13-10-17-15-7-5-4-6-14(13)15/h4-7,10-12,16-17H,8-9H2,1-3H3. The summed E-state index contributed by atoms with van der Waals surface area (Å²) >= 11 is 0. The van der Waals surface area contributed by atoms with Crippen molar-refractivity contribution in [3.63, 3.8) is 0 Å². The van der Waals surface area contributed by atoms with Gasteiger partial charge in [0, 0.05) is 29.7 Å². The summed E-state index contributed by atoms with van der Waals surface area (Å²) in [5.41, 5.74) is 2.58. The Morgan fingerprint density at radius 3 is 2.71 bits per heavy atom. The second-order valence-corrected chi connectivity index (χ2v) is 5.27. The Morgan fingerprint density at radius 1 is 1.18 bits per heavy atom. The second-order valence-electron chi connectivity index (χ2n) is 5.27. The van der Waals surface area contributed by atoms with E-state index in [2.05, 4.69) is 61.5 Å². The fraction of sp³-hybridized carbons (Fsp3) is 0.467. The van der Waals surface area contributed by atoms with Crippen LogP contribution in [0.2, 0.25) is 0 Å². The normalized spacial score (nSPS) is 13.4. The van der Waals surface area contributed by atoms with Gasteiger partial charge in [0.2, 0.25) is 0 Å². The van der Waals surface area contributed by atoms with Crippen molar-refractivity contribution in [3.05, 3.63) is 36.0 Å². The monoisotopic (exact) mass is 230 g/mol. The Balaban J connectivity index is 1.99. The molecule has 0 spiro atoms. The Labute approximate surface area is 103 Å². The van der Waals surface area contributed by atoms with Crippen LogP contribution in [0.1, 0.15) is 32.8 Å². The first-order chi connectivity index (χ1) is 8.16. The molecule has 0 bridgehead atoms. The Kier molecular flexibility index (Phi) is 3.85. The summed E-state index contributed by atoms with van der Waals surface area (Å²) in [5, 5.41) is 4.92. The van der Waals surface area contributed by atoms with E-state index in [-0.39, 0.29) is 0 Å². The van der Waals surface area contributed by atoms with Gasteiger partial charge in [0.15, 0.2) is 0 Å². The van der Waals surface area contributed by atoms with E-state index in [4.69, 9.17) is 0 Å². The van der Waals surface area contributed by atoms with E-state index in [9.17, 15) is 0 Å². The smallest absolute Gasteiger partial charge is 0.0457 e. The lowest BCUT2D eigenvalue weighted by atomic mass is 10.0. The van der Waals surface area contributed by atoms with E-state index in [0.29, 0.717) is 6.04 Å². The highest BCUT2D eigenvalue weighted by Crippen LogP contribution is 2.17. The van der Waals surface area contributed by atoms with Crippen LogP contribution in [0.5, 0.6) is 0 Å². The van der Waals surface area contributed by atoms with Crippen LogP contribution in [0.15, 0.2) is 30.5 Å². The highest BCUT2D eigenvalue weighted by molar-refractivity contribution is 5.82. The molecule has 92 valence electrons. The second kappa shape index (κ2) is 5.37. The van der Waals surface area contributed by atoms with Gasteiger partial charge >= 0.3 is 0 Å². The van der Waals surface area contributed by atoms with Crippen molar-refractivity contribution in [2.24, 2.45) is 5.92 Å². The van der Waals surface area contributed by atoms with Crippen LogP contribution in [-0.4, -0.2) is 11.0 Å². The summed E-state index contributed by atoms with van der Waals surface area (Å²) in [6.07, 6.45) is 3.34. The number of aromatic nitrogens is 1. The van der Waals surface area contributed by atoms with E-state index in [0.717, 1.165) is 12.5 Å². The number of benzene rings is 1. The maximum Gasteiger partial charge on any atom is 0.0457 e. The third kappa shape index (κ3) is 3.10. The lowest BCUT2D eigenvalue weighted by Crippen LogP contribution is -2.26. The molecule has 1 heterocycles. The number of para-hydroxylation sites is 1. The van der Waals surface area contributed by atoms with Gasteiger partial charge in [0.05, 0.1) is 0 Å². The molecule has 1 unspecified atom stereocenters. The summed E-state index contributed by atoms with van der Waals surface area (Å²) in [4.78, 5) is 3.31. The van der Waals surface area contributed by atoms with Gasteiger partial charge in [-0.1, -0.05) is 32.0 Å². The van der Waals surface area contributed by atoms with E-state index >= 15 is 0 Å². The van der Waals surface area contributed by atoms with Gasteiger partial charge in [-0.15, -0.1) is 0 Å². The van der Waals surface area contributed by atoms with E-state index < -0.39 is 0 Å². The molecule has 1 aromatic carbocycles. The highest BCUT2D eigenvalue weighted by atomic mass is 14.9. The van der Waals surface area contributed by atoms with E-state index in [1.54, 1.807) is 0 Å². The van der Waals surface area contributed by atoms with Crippen molar-refractivity contribution in [1.82, 2.24) is 10.3 Å². The molecule has 2 N–H and O–H groups in total. The molecular weight excluding hydrogens is 208 g/mol. The molecule has 0 radical (unpaired) electrons. The van der Waals surface area contributed by atoms with Gasteiger partial charge in [-0.2, -0.15) is 0 Å². The molecule has 0 aliphatic carbocycles. The quantitative estimate of drug-likeness (QED) is 0.805. The molecule has 0 fully saturated rings. The summed E-state index contributed by atoms with van der Waals surface area (Å²) in [6.45, 7) is 7.74. The van der Waals surface area contributed by atoms with Crippen molar-refractivity contribution in [3.8, 4) is 0 Å². The molecule has 0 aliphatic heterocycles. The van der Waals surface area contributed by atoms with Crippen molar-refractivity contribution in [2.75, 3.05) is 0 Å². The first kappa shape index (κ1) is 12.2. The Morgan fingerprint density at radius 2 is 1.94 bits per heavy atom. The number of nitrogens with one attached hydrogen (secondary N) is 2. The molecule has 0 aliphatic rings. The number of aromatic amines is 1. The minimum atomic E-state index is 0.573. The van der Waals surface area contributed by atoms with Gasteiger partial charge in [-0.3, -0.25) is 0 Å². The highest BCUT2D eigenvalue weighted by Gasteiger charge is 2.06. The minimum Gasteiger partial charge on any atom is -0.361 e. The zero-order chi connectivity index (χ0) is 12.3. The largest absolute Gasteiger partial charge is 0.361 e. The summed E-state index contributed by atoms with van der Waals surface area (Å²) in [5.74, 6) is 0.750. The molecular formula is C15H22N2. The molecule has 2 nitrogen and oxygen atoms in total. The molecule has 2 heteroatoms. The van der Waals surface area contributed by atoms with Crippen molar-refractivity contribution in [2.45, 2.75) is 39.8 Å². The van der Waals surface area contributed by atoms with Crippen LogP contribution in [0.25, 0.3) is 10.9 Å².